The van der Waals surface area contributed by atoms with Gasteiger partial charge < -0.3 is 20.7 Å². The molecule has 0 fully saturated rings. The first-order chi connectivity index (χ1) is 12.7. The lowest BCUT2D eigenvalue weighted by atomic mass is 10.1. The van der Waals surface area contributed by atoms with E-state index in [1.165, 1.54) is 4.88 Å². The Hall–Kier alpha value is -1.83. The van der Waals surface area contributed by atoms with E-state index < -0.39 is 11.7 Å². The Bertz CT molecular complexity index is 595. The summed E-state index contributed by atoms with van der Waals surface area (Å²) in [5.41, 5.74) is -0.498. The number of alkyl carbamates (subject to hydrolysis) is 1. The van der Waals surface area contributed by atoms with Crippen molar-refractivity contribution in [3.05, 3.63) is 16.1 Å². The molecule has 27 heavy (non-hydrogen) atoms. The van der Waals surface area contributed by atoms with E-state index in [2.05, 4.69) is 39.8 Å². The molecule has 0 aliphatic carbocycles. The molecule has 0 radical (unpaired) electrons. The van der Waals surface area contributed by atoms with Crippen LogP contribution >= 0.6 is 11.3 Å². The first-order valence-electron chi connectivity index (χ1n) is 9.58. The van der Waals surface area contributed by atoms with Crippen LogP contribution in [0.15, 0.2) is 11.2 Å². The highest BCUT2D eigenvalue weighted by Crippen LogP contribution is 2.11. The number of aromatic nitrogens is 1. The molecule has 1 aromatic rings. The number of aryl methyl sites for hydroxylation is 1. The molecule has 7 nitrogen and oxygen atoms in total. The third-order valence-corrected chi connectivity index (χ3v) is 4.64. The highest BCUT2D eigenvalue weighted by molar-refractivity contribution is 7.11. The Morgan fingerprint density at radius 1 is 1.37 bits per heavy atom. The SMILES string of the molecule is CCCCC(CNC(=O)OC(C)(C)C)NC(=NC)NCCc1ncc(C)s1. The van der Waals surface area contributed by atoms with Crippen LogP contribution in [0.1, 0.15) is 56.8 Å². The van der Waals surface area contributed by atoms with Crippen LogP contribution in [0.5, 0.6) is 0 Å². The number of nitrogens with zero attached hydrogens (tertiary/aromatic N) is 2. The Kier molecular flexibility index (Phi) is 10.1. The molecule has 0 aliphatic heterocycles. The van der Waals surface area contributed by atoms with Crippen LogP contribution in [0.25, 0.3) is 0 Å². The van der Waals surface area contributed by atoms with E-state index in [1.54, 1.807) is 18.4 Å². The van der Waals surface area contributed by atoms with Gasteiger partial charge in [0.25, 0.3) is 0 Å². The first kappa shape index (κ1) is 23.2. The van der Waals surface area contributed by atoms with Crippen molar-refractivity contribution >= 4 is 23.4 Å². The van der Waals surface area contributed by atoms with Crippen LogP contribution in [-0.2, 0) is 11.2 Å². The molecule has 0 aliphatic rings. The number of hydrogen-bond acceptors (Lipinski definition) is 5. The number of ether oxygens (including phenoxy) is 1. The Balaban J connectivity index is 2.47. The van der Waals surface area contributed by atoms with Gasteiger partial charge in [0.05, 0.1) is 5.01 Å². The molecule has 1 atom stereocenters. The summed E-state index contributed by atoms with van der Waals surface area (Å²) < 4.78 is 5.31. The standard InChI is InChI=1S/C19H35N5O2S/c1-7-8-9-15(13-23-18(25)26-19(3,4)5)24-17(20-6)21-11-10-16-22-12-14(2)27-16/h12,15H,7-11,13H2,1-6H3,(H,23,25)(H2,20,21,24). The molecular formula is C19H35N5O2S. The maximum Gasteiger partial charge on any atom is 0.407 e. The predicted octanol–water partition coefficient (Wildman–Crippen LogP) is 3.24. The maximum absolute atomic E-state index is 11.9. The fourth-order valence-corrected chi connectivity index (χ4v) is 3.18. The van der Waals surface area contributed by atoms with Crippen molar-refractivity contribution in [2.45, 2.75) is 71.9 Å². The number of amides is 1. The van der Waals surface area contributed by atoms with Crippen LogP contribution in [0, 0.1) is 6.92 Å². The highest BCUT2D eigenvalue weighted by Gasteiger charge is 2.18. The van der Waals surface area contributed by atoms with Gasteiger partial charge >= 0.3 is 6.09 Å². The van der Waals surface area contributed by atoms with Gasteiger partial charge in [0.15, 0.2) is 5.96 Å². The second-order valence-electron chi connectivity index (χ2n) is 7.48. The average molecular weight is 398 g/mol. The molecule has 3 N–H and O–H groups in total. The zero-order chi connectivity index (χ0) is 20.3. The number of guanidine groups is 1. The third kappa shape index (κ3) is 10.8. The molecule has 0 spiro atoms. The summed E-state index contributed by atoms with van der Waals surface area (Å²) in [5, 5.41) is 10.7. The molecule has 1 amide bonds. The van der Waals surface area contributed by atoms with Gasteiger partial charge in [-0.1, -0.05) is 19.8 Å². The zero-order valence-corrected chi connectivity index (χ0v) is 18.3. The summed E-state index contributed by atoms with van der Waals surface area (Å²) in [5.74, 6) is 0.732. The van der Waals surface area contributed by atoms with Crippen molar-refractivity contribution in [3.8, 4) is 0 Å². The third-order valence-electron chi connectivity index (χ3n) is 3.66. The topological polar surface area (TPSA) is 87.6 Å². The van der Waals surface area contributed by atoms with Crippen LogP contribution < -0.4 is 16.0 Å². The van der Waals surface area contributed by atoms with Gasteiger partial charge in [-0.3, -0.25) is 4.99 Å². The Labute approximate surface area is 167 Å². The molecule has 8 heteroatoms. The lowest BCUT2D eigenvalue weighted by molar-refractivity contribution is 0.0523. The molecule has 1 heterocycles. The summed E-state index contributed by atoms with van der Waals surface area (Å²) in [6.45, 7) is 11.0. The molecule has 154 valence electrons. The van der Waals surface area contributed by atoms with E-state index in [0.717, 1.165) is 43.2 Å². The Morgan fingerprint density at radius 2 is 2.11 bits per heavy atom. The molecule has 0 saturated carbocycles. The second kappa shape index (κ2) is 11.8. The van der Waals surface area contributed by atoms with Crippen molar-refractivity contribution in [3.63, 3.8) is 0 Å². The van der Waals surface area contributed by atoms with E-state index in [9.17, 15) is 4.79 Å². The van der Waals surface area contributed by atoms with E-state index >= 15 is 0 Å². The lowest BCUT2D eigenvalue weighted by Crippen LogP contribution is -2.49. The minimum Gasteiger partial charge on any atom is -0.444 e. The number of aliphatic imine (C=N–C) groups is 1. The zero-order valence-electron chi connectivity index (χ0n) is 17.5. The van der Waals surface area contributed by atoms with Gasteiger partial charge in [-0.2, -0.15) is 0 Å². The van der Waals surface area contributed by atoms with Gasteiger partial charge in [-0.15, -0.1) is 11.3 Å². The first-order valence-corrected chi connectivity index (χ1v) is 10.4. The number of carbonyl (C=O) groups excluding carboxylic acids is 1. The normalized spacial score (nSPS) is 13.2. The van der Waals surface area contributed by atoms with Crippen molar-refractivity contribution in [1.82, 2.24) is 20.9 Å². The van der Waals surface area contributed by atoms with Gasteiger partial charge in [0.2, 0.25) is 0 Å². The van der Waals surface area contributed by atoms with E-state index in [4.69, 9.17) is 4.74 Å². The molecular weight excluding hydrogens is 362 g/mol. The maximum atomic E-state index is 11.9. The highest BCUT2D eigenvalue weighted by atomic mass is 32.1. The number of nitrogens with one attached hydrogen (secondary N) is 3. The largest absolute Gasteiger partial charge is 0.444 e. The summed E-state index contributed by atoms with van der Waals surface area (Å²) >= 11 is 1.71. The van der Waals surface area contributed by atoms with Gasteiger partial charge in [0.1, 0.15) is 5.60 Å². The molecule has 1 rings (SSSR count). The summed E-state index contributed by atoms with van der Waals surface area (Å²) in [6, 6.07) is 0.0887. The summed E-state index contributed by atoms with van der Waals surface area (Å²) in [4.78, 5) is 21.8. The van der Waals surface area contributed by atoms with Crippen LogP contribution in [0.3, 0.4) is 0 Å². The van der Waals surface area contributed by atoms with E-state index in [0.29, 0.717) is 6.54 Å². The van der Waals surface area contributed by atoms with Gasteiger partial charge in [-0.05, 0) is 34.1 Å². The van der Waals surface area contributed by atoms with Crippen LogP contribution in [0.2, 0.25) is 0 Å². The number of rotatable bonds is 9. The Morgan fingerprint density at radius 3 is 2.67 bits per heavy atom. The molecule has 0 saturated heterocycles. The average Bonchev–Trinajstić information content (AvgIpc) is 2.99. The van der Waals surface area contributed by atoms with Crippen molar-refractivity contribution in [1.29, 1.82) is 0 Å². The van der Waals surface area contributed by atoms with Crippen LogP contribution in [0.4, 0.5) is 4.79 Å². The van der Waals surface area contributed by atoms with Crippen molar-refractivity contribution in [2.24, 2.45) is 4.99 Å². The molecule has 1 unspecified atom stereocenters. The predicted molar refractivity (Wildman–Crippen MR) is 113 cm³/mol. The quantitative estimate of drug-likeness (QED) is 0.440. The minimum absolute atomic E-state index is 0.0887. The monoisotopic (exact) mass is 397 g/mol. The second-order valence-corrected chi connectivity index (χ2v) is 8.80. The van der Waals surface area contributed by atoms with Gasteiger partial charge in [0, 0.05) is 43.7 Å². The lowest BCUT2D eigenvalue weighted by Gasteiger charge is -2.24. The summed E-state index contributed by atoms with van der Waals surface area (Å²) in [6.07, 6.45) is 5.47. The summed E-state index contributed by atoms with van der Waals surface area (Å²) in [7, 11) is 1.75. The fraction of sp³-hybridized carbons (Fsp3) is 0.737. The number of unbranched alkanes of at least 4 members (excludes halogenated alkanes) is 1. The van der Waals surface area contributed by atoms with Crippen molar-refractivity contribution < 1.29 is 9.53 Å². The molecule has 0 bridgehead atoms. The van der Waals surface area contributed by atoms with E-state index in [-0.39, 0.29) is 6.04 Å². The number of thiazole rings is 1. The molecule has 0 aromatic carbocycles. The smallest absolute Gasteiger partial charge is 0.407 e. The minimum atomic E-state index is -0.498. The van der Waals surface area contributed by atoms with Gasteiger partial charge in [-0.25, -0.2) is 9.78 Å². The number of hydrogen-bond donors (Lipinski definition) is 3. The number of carbonyl (C=O) groups is 1. The van der Waals surface area contributed by atoms with Crippen LogP contribution in [-0.4, -0.2) is 48.8 Å². The molecule has 1 aromatic heterocycles. The fourth-order valence-electron chi connectivity index (χ4n) is 2.39. The van der Waals surface area contributed by atoms with Crippen molar-refractivity contribution in [2.75, 3.05) is 20.1 Å². The van der Waals surface area contributed by atoms with E-state index in [1.807, 2.05) is 27.0 Å².